The van der Waals surface area contributed by atoms with Crippen molar-refractivity contribution in [1.29, 1.82) is 0 Å². The molecule has 1 aliphatic rings. The van der Waals surface area contributed by atoms with Gasteiger partial charge in [0.2, 0.25) is 0 Å². The molecule has 3 aromatic rings. The molecule has 0 heterocycles. The zero-order valence-corrected chi connectivity index (χ0v) is 24.2. The number of fused-ring (bicyclic) bond motifs is 1. The Morgan fingerprint density at radius 1 is 0.789 bits per heavy atom. The van der Waals surface area contributed by atoms with Crippen molar-refractivity contribution in [3.05, 3.63) is 106 Å². The average molecular weight is 513 g/mol. The standard InChI is InChI=1S/C37H49F/c1-4-6-7-8-9-10-11-12-28(3)31-16-13-30(14-17-31)26-35-27-33(32-20-22-36(38)23-21-32)18-19-34-25-29(5-2)15-24-37(34)35/h13-17,20-25,28,33,35H,4-12,18-19,26-27H2,1-3H3. The van der Waals surface area contributed by atoms with E-state index < -0.39 is 0 Å². The summed E-state index contributed by atoms with van der Waals surface area (Å²) < 4.78 is 13.6. The number of aryl methyl sites for hydroxylation is 2. The molecule has 0 aliphatic heterocycles. The van der Waals surface area contributed by atoms with Gasteiger partial charge in [0.05, 0.1) is 0 Å². The molecule has 0 aromatic heterocycles. The molecule has 0 saturated carbocycles. The molecule has 3 atom stereocenters. The van der Waals surface area contributed by atoms with Crippen LogP contribution in [0, 0.1) is 5.82 Å². The van der Waals surface area contributed by atoms with Crippen LogP contribution in [0.15, 0.2) is 66.7 Å². The summed E-state index contributed by atoms with van der Waals surface area (Å²) in [4.78, 5) is 0. The molecule has 0 saturated heterocycles. The monoisotopic (exact) mass is 512 g/mol. The summed E-state index contributed by atoms with van der Waals surface area (Å²) in [5.74, 6) is 1.45. The maximum absolute atomic E-state index is 13.6. The Hall–Kier alpha value is -2.41. The Morgan fingerprint density at radius 3 is 2.18 bits per heavy atom. The van der Waals surface area contributed by atoms with E-state index in [2.05, 4.69) is 63.2 Å². The number of rotatable bonds is 13. The molecule has 0 fully saturated rings. The molecule has 0 bridgehead atoms. The minimum atomic E-state index is -0.143. The second-order valence-corrected chi connectivity index (χ2v) is 11.9. The lowest BCUT2D eigenvalue weighted by Crippen LogP contribution is -2.08. The van der Waals surface area contributed by atoms with Crippen LogP contribution in [0.4, 0.5) is 4.39 Å². The molecule has 3 unspecified atom stereocenters. The Balaban J connectivity index is 1.41. The Bertz CT molecular complexity index is 1090. The third-order valence-corrected chi connectivity index (χ3v) is 9.00. The largest absolute Gasteiger partial charge is 0.207 e. The van der Waals surface area contributed by atoms with Crippen molar-refractivity contribution >= 4 is 0 Å². The SMILES string of the molecule is CCCCCCCCCC(C)c1ccc(CC2CC(c3ccc(F)cc3)CCc3cc(CC)ccc32)cc1. The molecular formula is C37H49F. The summed E-state index contributed by atoms with van der Waals surface area (Å²) >= 11 is 0. The maximum atomic E-state index is 13.6. The van der Waals surface area contributed by atoms with Crippen molar-refractivity contribution in [2.24, 2.45) is 0 Å². The van der Waals surface area contributed by atoms with Gasteiger partial charge in [-0.25, -0.2) is 4.39 Å². The van der Waals surface area contributed by atoms with Gasteiger partial charge >= 0.3 is 0 Å². The summed E-state index contributed by atoms with van der Waals surface area (Å²) in [6, 6.07) is 24.0. The fraction of sp³-hybridized carbons (Fsp3) is 0.514. The fourth-order valence-corrected chi connectivity index (χ4v) is 6.48. The first-order chi connectivity index (χ1) is 18.6. The maximum Gasteiger partial charge on any atom is 0.123 e. The Morgan fingerprint density at radius 2 is 1.47 bits per heavy atom. The Kier molecular flexibility index (Phi) is 11.0. The molecule has 0 nitrogen and oxygen atoms in total. The van der Waals surface area contributed by atoms with Crippen LogP contribution in [0.2, 0.25) is 0 Å². The van der Waals surface area contributed by atoms with Crippen molar-refractivity contribution in [3.63, 3.8) is 0 Å². The van der Waals surface area contributed by atoms with Gasteiger partial charge in [0, 0.05) is 0 Å². The first-order valence-electron chi connectivity index (χ1n) is 15.5. The second kappa shape index (κ2) is 14.7. The molecule has 38 heavy (non-hydrogen) atoms. The predicted molar refractivity (Wildman–Crippen MR) is 162 cm³/mol. The smallest absolute Gasteiger partial charge is 0.123 e. The van der Waals surface area contributed by atoms with Crippen LogP contribution in [-0.4, -0.2) is 0 Å². The number of benzene rings is 3. The third-order valence-electron chi connectivity index (χ3n) is 9.00. The number of hydrogen-bond donors (Lipinski definition) is 0. The summed E-state index contributed by atoms with van der Waals surface area (Å²) in [5.41, 5.74) is 8.70. The quantitative estimate of drug-likeness (QED) is 0.158. The summed E-state index contributed by atoms with van der Waals surface area (Å²) in [5, 5.41) is 0. The van der Waals surface area contributed by atoms with Crippen LogP contribution in [0.25, 0.3) is 0 Å². The number of halogens is 1. The van der Waals surface area contributed by atoms with Crippen LogP contribution in [0.5, 0.6) is 0 Å². The van der Waals surface area contributed by atoms with Crippen LogP contribution >= 0.6 is 0 Å². The zero-order valence-electron chi connectivity index (χ0n) is 24.2. The van der Waals surface area contributed by atoms with Crippen LogP contribution in [0.3, 0.4) is 0 Å². The summed E-state index contributed by atoms with van der Waals surface area (Å²) in [7, 11) is 0. The molecule has 0 N–H and O–H groups in total. The van der Waals surface area contributed by atoms with Crippen molar-refractivity contribution in [2.45, 2.75) is 122 Å². The van der Waals surface area contributed by atoms with Gasteiger partial charge in [-0.1, -0.05) is 120 Å². The highest BCUT2D eigenvalue weighted by molar-refractivity contribution is 5.39. The van der Waals surface area contributed by atoms with Gasteiger partial charge in [-0.3, -0.25) is 0 Å². The van der Waals surface area contributed by atoms with Gasteiger partial charge < -0.3 is 0 Å². The van der Waals surface area contributed by atoms with E-state index in [1.54, 1.807) is 12.1 Å². The van der Waals surface area contributed by atoms with Crippen molar-refractivity contribution < 1.29 is 4.39 Å². The van der Waals surface area contributed by atoms with Gasteiger partial charge in [0.25, 0.3) is 0 Å². The first kappa shape index (κ1) is 28.6. The summed E-state index contributed by atoms with van der Waals surface area (Å²) in [6.45, 7) is 6.93. The number of hydrogen-bond acceptors (Lipinski definition) is 0. The first-order valence-corrected chi connectivity index (χ1v) is 15.5. The third kappa shape index (κ3) is 8.05. The van der Waals surface area contributed by atoms with Gasteiger partial charge in [0.1, 0.15) is 5.82 Å². The molecule has 1 heteroatoms. The molecule has 204 valence electrons. The normalized spacial score (nSPS) is 18.1. The molecular weight excluding hydrogens is 463 g/mol. The van der Waals surface area contributed by atoms with Gasteiger partial charge in [0.15, 0.2) is 0 Å². The lowest BCUT2D eigenvalue weighted by molar-refractivity contribution is 0.522. The van der Waals surface area contributed by atoms with E-state index in [1.807, 2.05) is 12.1 Å². The minimum absolute atomic E-state index is 0.143. The molecule has 3 aromatic carbocycles. The molecule has 0 amide bonds. The van der Waals surface area contributed by atoms with Crippen LogP contribution < -0.4 is 0 Å². The van der Waals surface area contributed by atoms with E-state index in [0.717, 1.165) is 32.1 Å². The van der Waals surface area contributed by atoms with E-state index >= 15 is 0 Å². The highest BCUT2D eigenvalue weighted by atomic mass is 19.1. The van der Waals surface area contributed by atoms with Crippen molar-refractivity contribution in [1.82, 2.24) is 0 Å². The van der Waals surface area contributed by atoms with Crippen molar-refractivity contribution in [3.8, 4) is 0 Å². The molecule has 4 rings (SSSR count). The predicted octanol–water partition coefficient (Wildman–Crippen LogP) is 11.1. The zero-order chi connectivity index (χ0) is 26.7. The molecule has 1 aliphatic carbocycles. The van der Waals surface area contributed by atoms with Gasteiger partial charge in [-0.15, -0.1) is 0 Å². The Labute approximate surface area is 232 Å². The van der Waals surface area contributed by atoms with E-state index in [4.69, 9.17) is 0 Å². The minimum Gasteiger partial charge on any atom is -0.207 e. The van der Waals surface area contributed by atoms with E-state index in [9.17, 15) is 4.39 Å². The lowest BCUT2D eigenvalue weighted by Gasteiger charge is -2.23. The van der Waals surface area contributed by atoms with Gasteiger partial charge in [-0.05, 0) is 102 Å². The van der Waals surface area contributed by atoms with E-state index in [0.29, 0.717) is 17.8 Å². The fourth-order valence-electron chi connectivity index (χ4n) is 6.48. The lowest BCUT2D eigenvalue weighted by atomic mass is 9.82. The summed E-state index contributed by atoms with van der Waals surface area (Å²) in [6.07, 6.45) is 16.5. The van der Waals surface area contributed by atoms with Crippen LogP contribution in [0.1, 0.15) is 136 Å². The van der Waals surface area contributed by atoms with Gasteiger partial charge in [-0.2, -0.15) is 0 Å². The topological polar surface area (TPSA) is 0 Å². The molecule has 0 spiro atoms. The van der Waals surface area contributed by atoms with Crippen molar-refractivity contribution in [2.75, 3.05) is 0 Å². The number of unbranched alkanes of at least 4 members (excludes halogenated alkanes) is 6. The highest BCUT2D eigenvalue weighted by Gasteiger charge is 2.26. The average Bonchev–Trinajstić information content (AvgIpc) is 3.12. The molecule has 0 radical (unpaired) electrons. The highest BCUT2D eigenvalue weighted by Crippen LogP contribution is 2.41. The van der Waals surface area contributed by atoms with Crippen LogP contribution in [-0.2, 0) is 19.3 Å². The van der Waals surface area contributed by atoms with E-state index in [1.165, 1.54) is 84.7 Å². The second-order valence-electron chi connectivity index (χ2n) is 11.9. The van der Waals surface area contributed by atoms with E-state index in [-0.39, 0.29) is 5.82 Å².